The topological polar surface area (TPSA) is 51.2 Å². The monoisotopic (exact) mass is 304 g/mol. The number of hydrogen-bond acceptors (Lipinski definition) is 4. The number of aromatic nitrogens is 1. The van der Waals surface area contributed by atoms with Crippen LogP contribution in [0.3, 0.4) is 0 Å². The van der Waals surface area contributed by atoms with Crippen molar-refractivity contribution in [2.45, 2.75) is 27.3 Å². The van der Waals surface area contributed by atoms with E-state index < -0.39 is 0 Å². The molecule has 1 aromatic heterocycles. The molecule has 0 saturated carbocycles. The van der Waals surface area contributed by atoms with E-state index in [1.54, 1.807) is 29.7 Å². The number of hydrogen-bond donors (Lipinski definition) is 1. The van der Waals surface area contributed by atoms with Gasteiger partial charge >= 0.3 is 0 Å². The maximum atomic E-state index is 12.1. The van der Waals surface area contributed by atoms with Gasteiger partial charge in [0.2, 0.25) is 0 Å². The molecule has 5 heteroatoms. The van der Waals surface area contributed by atoms with Crippen molar-refractivity contribution in [3.63, 3.8) is 0 Å². The van der Waals surface area contributed by atoms with Gasteiger partial charge in [-0.05, 0) is 31.0 Å². The largest absolute Gasteiger partial charge is 0.493 e. The highest BCUT2D eigenvalue weighted by atomic mass is 32.1. The molecule has 0 atom stereocenters. The summed E-state index contributed by atoms with van der Waals surface area (Å²) in [6.45, 7) is 7.28. The van der Waals surface area contributed by atoms with E-state index in [-0.39, 0.29) is 5.91 Å². The summed E-state index contributed by atoms with van der Waals surface area (Å²) < 4.78 is 5.64. The number of nitrogens with one attached hydrogen (secondary N) is 1. The first-order chi connectivity index (χ1) is 10.0. The average Bonchev–Trinajstić information content (AvgIpc) is 2.88. The summed E-state index contributed by atoms with van der Waals surface area (Å²) in [7, 11) is 0. The molecule has 0 radical (unpaired) electrons. The van der Waals surface area contributed by atoms with Crippen LogP contribution in [0.15, 0.2) is 30.5 Å². The maximum Gasteiger partial charge on any atom is 0.251 e. The molecule has 0 unspecified atom stereocenters. The molecule has 0 spiro atoms. The third-order valence-corrected chi connectivity index (χ3v) is 3.68. The summed E-state index contributed by atoms with van der Waals surface area (Å²) in [5.74, 6) is 1.08. The molecule has 0 aliphatic carbocycles. The number of benzene rings is 1. The number of aryl methyl sites for hydroxylation is 1. The van der Waals surface area contributed by atoms with Crippen LogP contribution in [-0.4, -0.2) is 17.5 Å². The fourth-order valence-corrected chi connectivity index (χ4v) is 2.48. The second kappa shape index (κ2) is 7.22. The van der Waals surface area contributed by atoms with E-state index in [1.807, 2.05) is 19.1 Å². The average molecular weight is 304 g/mol. The number of nitrogens with zero attached hydrogens (tertiary/aromatic N) is 1. The zero-order valence-electron chi connectivity index (χ0n) is 12.6. The van der Waals surface area contributed by atoms with Gasteiger partial charge in [0.1, 0.15) is 5.75 Å². The molecule has 0 aliphatic heterocycles. The van der Waals surface area contributed by atoms with Crippen LogP contribution in [0.1, 0.15) is 34.1 Å². The van der Waals surface area contributed by atoms with Crippen molar-refractivity contribution in [3.8, 4) is 5.75 Å². The van der Waals surface area contributed by atoms with Crippen LogP contribution >= 0.6 is 11.3 Å². The van der Waals surface area contributed by atoms with Crippen molar-refractivity contribution in [2.24, 2.45) is 5.92 Å². The summed E-state index contributed by atoms with van der Waals surface area (Å²) in [6.07, 6.45) is 1.79. The molecule has 21 heavy (non-hydrogen) atoms. The molecule has 0 bridgehead atoms. The van der Waals surface area contributed by atoms with E-state index in [9.17, 15) is 4.79 Å². The van der Waals surface area contributed by atoms with E-state index in [1.165, 1.54) is 0 Å². The predicted octanol–water partition coefficient (Wildman–Crippen LogP) is 3.42. The normalized spacial score (nSPS) is 10.7. The third-order valence-electron chi connectivity index (χ3n) is 2.77. The van der Waals surface area contributed by atoms with Crippen LogP contribution in [0.4, 0.5) is 0 Å². The Balaban J connectivity index is 1.93. The fourth-order valence-electron chi connectivity index (χ4n) is 1.75. The van der Waals surface area contributed by atoms with Gasteiger partial charge in [-0.25, -0.2) is 4.98 Å². The van der Waals surface area contributed by atoms with Crippen molar-refractivity contribution < 1.29 is 9.53 Å². The maximum absolute atomic E-state index is 12.1. The Morgan fingerprint density at radius 3 is 2.90 bits per heavy atom. The van der Waals surface area contributed by atoms with E-state index in [0.717, 1.165) is 15.6 Å². The van der Waals surface area contributed by atoms with Gasteiger partial charge in [-0.2, -0.15) is 0 Å². The SMILES string of the molecule is Cc1ncc(CNC(=O)c2cccc(OCC(C)C)c2)s1. The van der Waals surface area contributed by atoms with Gasteiger partial charge in [0, 0.05) is 16.6 Å². The van der Waals surface area contributed by atoms with Crippen LogP contribution in [0.2, 0.25) is 0 Å². The van der Waals surface area contributed by atoms with Crippen molar-refractivity contribution >= 4 is 17.2 Å². The lowest BCUT2D eigenvalue weighted by molar-refractivity contribution is 0.0951. The van der Waals surface area contributed by atoms with Crippen LogP contribution in [0.5, 0.6) is 5.75 Å². The highest BCUT2D eigenvalue weighted by Crippen LogP contribution is 2.15. The number of thiazole rings is 1. The van der Waals surface area contributed by atoms with Crippen LogP contribution in [0.25, 0.3) is 0 Å². The van der Waals surface area contributed by atoms with Gasteiger partial charge in [-0.3, -0.25) is 4.79 Å². The lowest BCUT2D eigenvalue weighted by Crippen LogP contribution is -2.22. The van der Waals surface area contributed by atoms with Gasteiger partial charge in [0.15, 0.2) is 0 Å². The van der Waals surface area contributed by atoms with Gasteiger partial charge in [-0.1, -0.05) is 19.9 Å². The molecule has 2 aromatic rings. The van der Waals surface area contributed by atoms with E-state index in [0.29, 0.717) is 24.6 Å². The van der Waals surface area contributed by atoms with Crippen molar-refractivity contribution in [1.82, 2.24) is 10.3 Å². The van der Waals surface area contributed by atoms with Crippen LogP contribution < -0.4 is 10.1 Å². The highest BCUT2D eigenvalue weighted by molar-refractivity contribution is 7.11. The van der Waals surface area contributed by atoms with Crippen molar-refractivity contribution in [1.29, 1.82) is 0 Å². The minimum absolute atomic E-state index is 0.101. The lowest BCUT2D eigenvalue weighted by atomic mass is 10.2. The van der Waals surface area contributed by atoms with Gasteiger partial charge < -0.3 is 10.1 Å². The molecule has 0 aliphatic rings. The van der Waals surface area contributed by atoms with Crippen LogP contribution in [0, 0.1) is 12.8 Å². The summed E-state index contributed by atoms with van der Waals surface area (Å²) in [5, 5.41) is 3.90. The molecule has 4 nitrogen and oxygen atoms in total. The fraction of sp³-hybridized carbons (Fsp3) is 0.375. The molecule has 2 rings (SSSR count). The predicted molar refractivity (Wildman–Crippen MR) is 84.8 cm³/mol. The number of amides is 1. The standard InChI is InChI=1S/C16H20N2O2S/c1-11(2)10-20-14-6-4-5-13(7-14)16(19)18-9-15-8-17-12(3)21-15/h4-8,11H,9-10H2,1-3H3,(H,18,19). The third kappa shape index (κ3) is 4.86. The zero-order chi connectivity index (χ0) is 15.2. The first-order valence-corrected chi connectivity index (χ1v) is 7.78. The molecule has 0 fully saturated rings. The first-order valence-electron chi connectivity index (χ1n) is 6.97. The lowest BCUT2D eigenvalue weighted by Gasteiger charge is -2.10. The zero-order valence-corrected chi connectivity index (χ0v) is 13.4. The smallest absolute Gasteiger partial charge is 0.251 e. The second-order valence-corrected chi connectivity index (χ2v) is 6.58. The minimum atomic E-state index is -0.101. The quantitative estimate of drug-likeness (QED) is 0.889. The number of rotatable bonds is 6. The first kappa shape index (κ1) is 15.5. The number of carbonyl (C=O) groups is 1. The van der Waals surface area contributed by atoms with Crippen molar-refractivity contribution in [2.75, 3.05) is 6.61 Å². The number of ether oxygens (including phenoxy) is 1. The van der Waals surface area contributed by atoms with E-state index >= 15 is 0 Å². The Bertz CT molecular complexity index is 608. The summed E-state index contributed by atoms with van der Waals surface area (Å²) in [4.78, 5) is 17.4. The summed E-state index contributed by atoms with van der Waals surface area (Å²) in [6, 6.07) is 7.26. The summed E-state index contributed by atoms with van der Waals surface area (Å²) >= 11 is 1.59. The molecule has 1 heterocycles. The molecule has 1 N–H and O–H groups in total. The van der Waals surface area contributed by atoms with E-state index in [4.69, 9.17) is 4.74 Å². The molecular formula is C16H20N2O2S. The Labute approximate surface area is 129 Å². The summed E-state index contributed by atoms with van der Waals surface area (Å²) in [5.41, 5.74) is 0.609. The molecular weight excluding hydrogens is 284 g/mol. The van der Waals surface area contributed by atoms with Crippen LogP contribution in [-0.2, 0) is 6.54 Å². The Kier molecular flexibility index (Phi) is 5.33. The highest BCUT2D eigenvalue weighted by Gasteiger charge is 2.08. The second-order valence-electron chi connectivity index (χ2n) is 5.26. The Hall–Kier alpha value is -1.88. The van der Waals surface area contributed by atoms with E-state index in [2.05, 4.69) is 24.1 Å². The molecule has 1 aromatic carbocycles. The molecule has 0 saturated heterocycles. The Morgan fingerprint density at radius 1 is 1.43 bits per heavy atom. The van der Waals surface area contributed by atoms with Gasteiger partial charge in [0.25, 0.3) is 5.91 Å². The molecule has 1 amide bonds. The van der Waals surface area contributed by atoms with Gasteiger partial charge in [-0.15, -0.1) is 11.3 Å². The Morgan fingerprint density at radius 2 is 2.24 bits per heavy atom. The van der Waals surface area contributed by atoms with Gasteiger partial charge in [0.05, 0.1) is 18.2 Å². The van der Waals surface area contributed by atoms with Crippen molar-refractivity contribution in [3.05, 3.63) is 45.9 Å². The minimum Gasteiger partial charge on any atom is -0.493 e. The molecule has 112 valence electrons. The number of carbonyl (C=O) groups excluding carboxylic acids is 1.